The Morgan fingerprint density at radius 1 is 1.33 bits per heavy atom. The van der Waals surface area contributed by atoms with E-state index in [-0.39, 0.29) is 0 Å². The molecule has 100 valence electrons. The van der Waals surface area contributed by atoms with Gasteiger partial charge in [-0.15, -0.1) is 0 Å². The molecular formula is C14H21BrN2O. The van der Waals surface area contributed by atoms with Crippen molar-refractivity contribution < 1.29 is 4.74 Å². The van der Waals surface area contributed by atoms with Crippen LogP contribution in [0.1, 0.15) is 6.92 Å². The SMILES string of the molecule is CC(COc1ccccc1Br)CN1CCNCC1. The van der Waals surface area contributed by atoms with Gasteiger partial charge in [0.2, 0.25) is 0 Å². The molecular weight excluding hydrogens is 292 g/mol. The highest BCUT2D eigenvalue weighted by Crippen LogP contribution is 2.24. The fraction of sp³-hybridized carbons (Fsp3) is 0.571. The van der Waals surface area contributed by atoms with E-state index < -0.39 is 0 Å². The van der Waals surface area contributed by atoms with Gasteiger partial charge in [0, 0.05) is 38.6 Å². The summed E-state index contributed by atoms with van der Waals surface area (Å²) in [5, 5.41) is 3.37. The quantitative estimate of drug-likeness (QED) is 0.903. The maximum atomic E-state index is 5.85. The third kappa shape index (κ3) is 4.26. The van der Waals surface area contributed by atoms with Crippen LogP contribution >= 0.6 is 15.9 Å². The summed E-state index contributed by atoms with van der Waals surface area (Å²) < 4.78 is 6.88. The topological polar surface area (TPSA) is 24.5 Å². The Morgan fingerprint density at radius 3 is 2.78 bits per heavy atom. The summed E-state index contributed by atoms with van der Waals surface area (Å²) in [5.74, 6) is 1.49. The molecule has 4 heteroatoms. The molecule has 1 aromatic carbocycles. The summed E-state index contributed by atoms with van der Waals surface area (Å²) in [6, 6.07) is 8.01. The zero-order valence-electron chi connectivity index (χ0n) is 10.9. The van der Waals surface area contributed by atoms with Gasteiger partial charge in [0.25, 0.3) is 0 Å². The van der Waals surface area contributed by atoms with Gasteiger partial charge in [0.1, 0.15) is 5.75 Å². The normalized spacial score (nSPS) is 18.6. The summed E-state index contributed by atoms with van der Waals surface area (Å²) in [7, 11) is 0. The molecule has 3 nitrogen and oxygen atoms in total. The number of para-hydroxylation sites is 1. The lowest BCUT2D eigenvalue weighted by Crippen LogP contribution is -2.45. The van der Waals surface area contributed by atoms with Crippen molar-refractivity contribution in [2.75, 3.05) is 39.3 Å². The van der Waals surface area contributed by atoms with Crippen molar-refractivity contribution in [2.45, 2.75) is 6.92 Å². The third-order valence-corrected chi connectivity index (χ3v) is 3.79. The van der Waals surface area contributed by atoms with Crippen molar-refractivity contribution in [1.82, 2.24) is 10.2 Å². The van der Waals surface area contributed by atoms with E-state index in [0.29, 0.717) is 5.92 Å². The number of hydrogen-bond donors (Lipinski definition) is 1. The second-order valence-electron chi connectivity index (χ2n) is 4.90. The Hall–Kier alpha value is -0.580. The van der Waals surface area contributed by atoms with Crippen LogP contribution < -0.4 is 10.1 Å². The lowest BCUT2D eigenvalue weighted by Gasteiger charge is -2.29. The standard InChI is InChI=1S/C14H21BrN2O/c1-12(10-17-8-6-16-7-9-17)11-18-14-5-3-2-4-13(14)15/h2-5,12,16H,6-11H2,1H3. The predicted molar refractivity (Wildman–Crippen MR) is 78.1 cm³/mol. The zero-order valence-corrected chi connectivity index (χ0v) is 12.4. The lowest BCUT2D eigenvalue weighted by molar-refractivity contribution is 0.171. The maximum Gasteiger partial charge on any atom is 0.133 e. The van der Waals surface area contributed by atoms with Gasteiger partial charge in [-0.25, -0.2) is 0 Å². The van der Waals surface area contributed by atoms with Gasteiger partial charge in [0.15, 0.2) is 0 Å². The first-order valence-electron chi connectivity index (χ1n) is 6.56. The first kappa shape index (κ1) is 13.8. The number of benzene rings is 1. The number of piperazine rings is 1. The van der Waals surface area contributed by atoms with E-state index in [1.54, 1.807) is 0 Å². The Morgan fingerprint density at radius 2 is 2.06 bits per heavy atom. The molecule has 0 bridgehead atoms. The highest BCUT2D eigenvalue weighted by atomic mass is 79.9. The summed E-state index contributed by atoms with van der Waals surface area (Å²) >= 11 is 3.50. The molecule has 1 saturated heterocycles. The molecule has 1 atom stereocenters. The number of halogens is 1. The van der Waals surface area contributed by atoms with E-state index in [0.717, 1.165) is 49.6 Å². The molecule has 18 heavy (non-hydrogen) atoms. The summed E-state index contributed by atoms with van der Waals surface area (Å²) in [5.41, 5.74) is 0. The van der Waals surface area contributed by atoms with E-state index in [2.05, 4.69) is 33.1 Å². The largest absolute Gasteiger partial charge is 0.492 e. The predicted octanol–water partition coefficient (Wildman–Crippen LogP) is 2.37. The molecule has 0 aromatic heterocycles. The number of nitrogens with zero attached hydrogens (tertiary/aromatic N) is 1. The second kappa shape index (κ2) is 7.12. The molecule has 0 radical (unpaired) electrons. The monoisotopic (exact) mass is 312 g/mol. The van der Waals surface area contributed by atoms with E-state index in [9.17, 15) is 0 Å². The molecule has 2 rings (SSSR count). The summed E-state index contributed by atoms with van der Waals surface area (Å²) in [4.78, 5) is 2.50. The molecule has 1 unspecified atom stereocenters. The first-order chi connectivity index (χ1) is 8.75. The van der Waals surface area contributed by atoms with Gasteiger partial charge in [-0.1, -0.05) is 19.1 Å². The number of ether oxygens (including phenoxy) is 1. The summed E-state index contributed by atoms with van der Waals surface area (Å²) in [6.45, 7) is 8.66. The Kier molecular flexibility index (Phi) is 5.47. The van der Waals surface area contributed by atoms with Crippen LogP contribution in [0.3, 0.4) is 0 Å². The smallest absolute Gasteiger partial charge is 0.133 e. The van der Waals surface area contributed by atoms with Crippen LogP contribution in [0.2, 0.25) is 0 Å². The van der Waals surface area contributed by atoms with Crippen LogP contribution in [0, 0.1) is 5.92 Å². The minimum atomic E-state index is 0.551. The van der Waals surface area contributed by atoms with Crippen LogP contribution in [-0.4, -0.2) is 44.2 Å². The molecule has 1 aliphatic rings. The van der Waals surface area contributed by atoms with Crippen molar-refractivity contribution in [3.63, 3.8) is 0 Å². The highest BCUT2D eigenvalue weighted by molar-refractivity contribution is 9.10. The maximum absolute atomic E-state index is 5.85. The Labute approximate surface area is 118 Å². The van der Waals surface area contributed by atoms with Crippen LogP contribution in [0.25, 0.3) is 0 Å². The second-order valence-corrected chi connectivity index (χ2v) is 5.75. The van der Waals surface area contributed by atoms with E-state index >= 15 is 0 Å². The molecule has 1 aromatic rings. The van der Waals surface area contributed by atoms with Crippen LogP contribution in [-0.2, 0) is 0 Å². The van der Waals surface area contributed by atoms with Crippen LogP contribution in [0.4, 0.5) is 0 Å². The van der Waals surface area contributed by atoms with E-state index in [1.165, 1.54) is 0 Å². The molecule has 0 aliphatic carbocycles. The van der Waals surface area contributed by atoms with Gasteiger partial charge in [0.05, 0.1) is 11.1 Å². The minimum absolute atomic E-state index is 0.551. The van der Waals surface area contributed by atoms with Crippen molar-refractivity contribution in [1.29, 1.82) is 0 Å². The van der Waals surface area contributed by atoms with Crippen molar-refractivity contribution in [2.24, 2.45) is 5.92 Å². The number of rotatable bonds is 5. The lowest BCUT2D eigenvalue weighted by atomic mass is 10.1. The Balaban J connectivity index is 1.74. The molecule has 0 spiro atoms. The first-order valence-corrected chi connectivity index (χ1v) is 7.35. The van der Waals surface area contributed by atoms with Crippen molar-refractivity contribution in [3.05, 3.63) is 28.7 Å². The van der Waals surface area contributed by atoms with Gasteiger partial charge in [-0.2, -0.15) is 0 Å². The van der Waals surface area contributed by atoms with Gasteiger partial charge in [-0.3, -0.25) is 0 Å². The zero-order chi connectivity index (χ0) is 12.8. The van der Waals surface area contributed by atoms with Crippen molar-refractivity contribution >= 4 is 15.9 Å². The van der Waals surface area contributed by atoms with E-state index in [1.807, 2.05) is 24.3 Å². The Bertz CT molecular complexity index is 367. The molecule has 0 amide bonds. The van der Waals surface area contributed by atoms with Crippen LogP contribution in [0.5, 0.6) is 5.75 Å². The molecule has 1 aliphatic heterocycles. The summed E-state index contributed by atoms with van der Waals surface area (Å²) in [6.07, 6.45) is 0. The van der Waals surface area contributed by atoms with Gasteiger partial charge >= 0.3 is 0 Å². The van der Waals surface area contributed by atoms with Crippen LogP contribution in [0.15, 0.2) is 28.7 Å². The molecule has 1 heterocycles. The van der Waals surface area contributed by atoms with Gasteiger partial charge < -0.3 is 15.0 Å². The minimum Gasteiger partial charge on any atom is -0.492 e. The average Bonchev–Trinajstić information content (AvgIpc) is 2.39. The molecule has 0 saturated carbocycles. The molecule has 1 N–H and O–H groups in total. The fourth-order valence-corrected chi connectivity index (χ4v) is 2.58. The fourth-order valence-electron chi connectivity index (χ4n) is 2.18. The molecule has 1 fully saturated rings. The number of nitrogens with one attached hydrogen (secondary N) is 1. The van der Waals surface area contributed by atoms with E-state index in [4.69, 9.17) is 4.74 Å². The number of hydrogen-bond acceptors (Lipinski definition) is 3. The average molecular weight is 313 g/mol. The highest BCUT2D eigenvalue weighted by Gasteiger charge is 2.13. The van der Waals surface area contributed by atoms with Crippen molar-refractivity contribution in [3.8, 4) is 5.75 Å². The third-order valence-electron chi connectivity index (χ3n) is 3.14. The van der Waals surface area contributed by atoms with Gasteiger partial charge in [-0.05, 0) is 28.1 Å².